The molecule has 1 fully saturated rings. The Balaban J connectivity index is 0.000000492. The van der Waals surface area contributed by atoms with Crippen LogP contribution < -0.4 is 5.32 Å². The highest BCUT2D eigenvalue weighted by Gasteiger charge is 2.11. The minimum absolute atomic E-state index is 0.250. The number of nitrogens with one attached hydrogen (secondary N) is 1. The summed E-state index contributed by atoms with van der Waals surface area (Å²) in [6.45, 7) is 0.645. The van der Waals surface area contributed by atoms with Gasteiger partial charge in [-0.05, 0) is 12.1 Å². The zero-order chi connectivity index (χ0) is 13.1. The van der Waals surface area contributed by atoms with E-state index in [0.29, 0.717) is 6.04 Å². The molecule has 0 saturated carbocycles. The molecule has 100 valence electrons. The maximum absolute atomic E-state index is 8.36. The molecule has 1 saturated heterocycles. The summed E-state index contributed by atoms with van der Waals surface area (Å²) in [5.41, 5.74) is 1.14. The maximum Gasteiger partial charge on any atom is 0.290 e. The molecule has 0 aliphatic carbocycles. The van der Waals surface area contributed by atoms with E-state index >= 15 is 0 Å². The number of pyridine rings is 1. The average Bonchev–Trinajstić information content (AvgIpc) is 2.67. The van der Waals surface area contributed by atoms with E-state index in [1.54, 1.807) is 0 Å². The van der Waals surface area contributed by atoms with Gasteiger partial charge in [0.15, 0.2) is 0 Å². The molecule has 4 nitrogen and oxygen atoms in total. The van der Waals surface area contributed by atoms with Gasteiger partial charge in [0.2, 0.25) is 0 Å². The molecule has 1 aromatic heterocycles. The standard InChI is InChI=1S/C11H16N2S2.CH2O2/c1-2-4-12-10(3-1)7-13-11-8-14-5-6-15-9-11;2-1-3/h1-4,11,13H,5-9H2;1H,(H,2,3). The van der Waals surface area contributed by atoms with Crippen molar-refractivity contribution < 1.29 is 9.90 Å². The molecule has 0 unspecified atom stereocenters. The molecule has 18 heavy (non-hydrogen) atoms. The van der Waals surface area contributed by atoms with E-state index in [-0.39, 0.29) is 6.47 Å². The molecule has 1 aliphatic rings. The molecule has 2 N–H and O–H groups in total. The van der Waals surface area contributed by atoms with Crippen LogP contribution in [0.3, 0.4) is 0 Å². The number of carboxylic acid groups (broad SMARTS) is 1. The first-order valence-corrected chi connectivity index (χ1v) is 8.04. The number of rotatable bonds is 3. The van der Waals surface area contributed by atoms with E-state index in [9.17, 15) is 0 Å². The van der Waals surface area contributed by atoms with Gasteiger partial charge in [-0.3, -0.25) is 9.78 Å². The molecule has 0 spiro atoms. The molecule has 1 aliphatic heterocycles. The van der Waals surface area contributed by atoms with Gasteiger partial charge >= 0.3 is 0 Å². The van der Waals surface area contributed by atoms with Gasteiger partial charge in [-0.25, -0.2) is 0 Å². The van der Waals surface area contributed by atoms with E-state index in [0.717, 1.165) is 12.2 Å². The quantitative estimate of drug-likeness (QED) is 0.825. The van der Waals surface area contributed by atoms with Crippen molar-refractivity contribution in [2.45, 2.75) is 12.6 Å². The maximum atomic E-state index is 8.36. The number of hydrogen-bond donors (Lipinski definition) is 2. The Morgan fingerprint density at radius 2 is 2.06 bits per heavy atom. The lowest BCUT2D eigenvalue weighted by Crippen LogP contribution is -2.32. The van der Waals surface area contributed by atoms with Gasteiger partial charge in [0.1, 0.15) is 0 Å². The second kappa shape index (κ2) is 10.2. The average molecular weight is 286 g/mol. The van der Waals surface area contributed by atoms with Crippen LogP contribution in [-0.2, 0) is 11.3 Å². The lowest BCUT2D eigenvalue weighted by Gasteiger charge is -2.14. The van der Waals surface area contributed by atoms with E-state index in [2.05, 4.69) is 39.9 Å². The minimum Gasteiger partial charge on any atom is -0.483 e. The molecule has 1 aromatic rings. The van der Waals surface area contributed by atoms with Crippen LogP contribution in [-0.4, -0.2) is 45.6 Å². The molecule has 2 heterocycles. The van der Waals surface area contributed by atoms with Crippen molar-refractivity contribution in [3.05, 3.63) is 30.1 Å². The molecule has 2 rings (SSSR count). The largest absolute Gasteiger partial charge is 0.483 e. The first-order valence-electron chi connectivity index (χ1n) is 5.73. The fraction of sp³-hybridized carbons (Fsp3) is 0.500. The molecule has 0 atom stereocenters. The first-order chi connectivity index (χ1) is 8.86. The SMILES string of the molecule is O=CO.c1ccc(CNC2CSCCSC2)nc1. The monoisotopic (exact) mass is 286 g/mol. The van der Waals surface area contributed by atoms with Crippen LogP contribution in [0.15, 0.2) is 24.4 Å². The third kappa shape index (κ3) is 6.88. The minimum atomic E-state index is -0.250. The predicted molar refractivity (Wildman–Crippen MR) is 78.2 cm³/mol. The highest BCUT2D eigenvalue weighted by molar-refractivity contribution is 8.03. The Labute approximate surface area is 116 Å². The Kier molecular flexibility index (Phi) is 8.71. The Hall–Kier alpha value is -0.720. The highest BCUT2D eigenvalue weighted by Crippen LogP contribution is 2.16. The highest BCUT2D eigenvalue weighted by atomic mass is 32.2. The normalized spacial score (nSPS) is 16.2. The third-order valence-corrected chi connectivity index (χ3v) is 4.83. The number of hydrogen-bond acceptors (Lipinski definition) is 5. The molecular formula is C12H18N2O2S2. The van der Waals surface area contributed by atoms with Crippen LogP contribution in [0.4, 0.5) is 0 Å². The number of aromatic nitrogens is 1. The lowest BCUT2D eigenvalue weighted by molar-refractivity contribution is -0.122. The van der Waals surface area contributed by atoms with Crippen LogP contribution in [0.5, 0.6) is 0 Å². The van der Waals surface area contributed by atoms with Gasteiger partial charge in [-0.2, -0.15) is 23.5 Å². The zero-order valence-corrected chi connectivity index (χ0v) is 11.8. The van der Waals surface area contributed by atoms with Crippen molar-refractivity contribution in [1.82, 2.24) is 10.3 Å². The summed E-state index contributed by atoms with van der Waals surface area (Å²) >= 11 is 4.11. The van der Waals surface area contributed by atoms with Crippen LogP contribution in [0.1, 0.15) is 5.69 Å². The van der Waals surface area contributed by atoms with E-state index in [1.807, 2.05) is 18.3 Å². The van der Waals surface area contributed by atoms with Crippen molar-refractivity contribution in [3.8, 4) is 0 Å². The van der Waals surface area contributed by atoms with Gasteiger partial charge in [0.05, 0.1) is 5.69 Å². The lowest BCUT2D eigenvalue weighted by atomic mass is 10.3. The van der Waals surface area contributed by atoms with Crippen LogP contribution in [0.2, 0.25) is 0 Å². The third-order valence-electron chi connectivity index (χ3n) is 2.31. The Morgan fingerprint density at radius 3 is 2.61 bits per heavy atom. The Morgan fingerprint density at radius 1 is 1.39 bits per heavy atom. The zero-order valence-electron chi connectivity index (χ0n) is 10.1. The molecule has 6 heteroatoms. The van der Waals surface area contributed by atoms with Gasteiger partial charge in [0, 0.05) is 41.8 Å². The summed E-state index contributed by atoms with van der Waals surface area (Å²) in [5.74, 6) is 5.07. The first kappa shape index (κ1) is 15.3. The van der Waals surface area contributed by atoms with Crippen LogP contribution in [0.25, 0.3) is 0 Å². The van der Waals surface area contributed by atoms with E-state index in [1.165, 1.54) is 23.0 Å². The van der Waals surface area contributed by atoms with Gasteiger partial charge < -0.3 is 10.4 Å². The summed E-state index contributed by atoms with van der Waals surface area (Å²) < 4.78 is 0. The fourth-order valence-corrected chi connectivity index (χ4v) is 3.95. The van der Waals surface area contributed by atoms with Crippen molar-refractivity contribution >= 4 is 30.0 Å². The second-order valence-electron chi connectivity index (χ2n) is 3.65. The smallest absolute Gasteiger partial charge is 0.290 e. The summed E-state index contributed by atoms with van der Waals surface area (Å²) in [7, 11) is 0. The summed E-state index contributed by atoms with van der Waals surface area (Å²) in [4.78, 5) is 12.7. The van der Waals surface area contributed by atoms with Gasteiger partial charge in [-0.15, -0.1) is 0 Å². The van der Waals surface area contributed by atoms with Crippen LogP contribution >= 0.6 is 23.5 Å². The van der Waals surface area contributed by atoms with E-state index < -0.39 is 0 Å². The molecule has 0 radical (unpaired) electrons. The molecule has 0 amide bonds. The summed E-state index contributed by atoms with van der Waals surface area (Å²) in [5, 5.41) is 10.5. The second-order valence-corrected chi connectivity index (χ2v) is 5.95. The predicted octanol–water partition coefficient (Wildman–Crippen LogP) is 1.72. The molecule has 0 bridgehead atoms. The number of thioether (sulfide) groups is 2. The summed E-state index contributed by atoms with van der Waals surface area (Å²) in [6.07, 6.45) is 1.85. The fourth-order valence-electron chi connectivity index (χ4n) is 1.49. The van der Waals surface area contributed by atoms with Crippen molar-refractivity contribution in [3.63, 3.8) is 0 Å². The van der Waals surface area contributed by atoms with Crippen molar-refractivity contribution in [2.75, 3.05) is 23.0 Å². The topological polar surface area (TPSA) is 62.2 Å². The number of carbonyl (C=O) groups is 1. The van der Waals surface area contributed by atoms with Gasteiger partial charge in [0.25, 0.3) is 6.47 Å². The van der Waals surface area contributed by atoms with Crippen LogP contribution in [0, 0.1) is 0 Å². The van der Waals surface area contributed by atoms with Crippen molar-refractivity contribution in [2.24, 2.45) is 0 Å². The van der Waals surface area contributed by atoms with Crippen molar-refractivity contribution in [1.29, 1.82) is 0 Å². The molecular weight excluding hydrogens is 268 g/mol. The molecule has 0 aromatic carbocycles. The summed E-state index contributed by atoms with van der Waals surface area (Å²) in [6, 6.07) is 6.72. The Bertz CT molecular complexity index is 317. The number of nitrogens with zero attached hydrogens (tertiary/aromatic N) is 1. The van der Waals surface area contributed by atoms with E-state index in [4.69, 9.17) is 9.90 Å². The van der Waals surface area contributed by atoms with Gasteiger partial charge in [-0.1, -0.05) is 6.07 Å².